The van der Waals surface area contributed by atoms with Gasteiger partial charge in [0.15, 0.2) is 11.8 Å². The molecule has 0 amide bonds. The Labute approximate surface area is 174 Å². The Morgan fingerprint density at radius 2 is 1.92 bits per heavy atom. The van der Waals surface area contributed by atoms with Crippen molar-refractivity contribution in [2.45, 2.75) is 77.8 Å². The third kappa shape index (κ3) is 4.17. The van der Waals surface area contributed by atoms with E-state index in [0.717, 1.165) is 43.7 Å². The fourth-order valence-corrected chi connectivity index (χ4v) is 4.88. The summed E-state index contributed by atoms with van der Waals surface area (Å²) in [5, 5.41) is 12.3. The summed E-state index contributed by atoms with van der Waals surface area (Å²) in [7, 11) is 0. The molecule has 146 valence electrons. The number of halogens is 1. The molecule has 1 spiro atoms. The fourth-order valence-electron chi connectivity index (χ4n) is 4.88. The molecule has 1 aliphatic carbocycles. The summed E-state index contributed by atoms with van der Waals surface area (Å²) in [5.41, 5.74) is 0.572. The summed E-state index contributed by atoms with van der Waals surface area (Å²) in [6, 6.07) is 0. The number of rotatable bonds is 3. The van der Waals surface area contributed by atoms with Crippen LogP contribution < -0.4 is 5.32 Å². The van der Waals surface area contributed by atoms with Crippen molar-refractivity contribution in [2.75, 3.05) is 19.6 Å². The molecule has 0 bridgehead atoms. The van der Waals surface area contributed by atoms with Crippen molar-refractivity contribution in [3.8, 4) is 0 Å². The van der Waals surface area contributed by atoms with Gasteiger partial charge in [-0.1, -0.05) is 19.3 Å². The van der Waals surface area contributed by atoms with E-state index in [0.29, 0.717) is 12.0 Å². The SMILES string of the molecule is CCNC(=NCc1nnc2n1CCCCC2)N1CCC2(CCCC2)C1.I. The first-order valence-electron chi connectivity index (χ1n) is 10.2. The van der Waals surface area contributed by atoms with Gasteiger partial charge >= 0.3 is 0 Å². The van der Waals surface area contributed by atoms with Crippen LogP contribution in [0.2, 0.25) is 0 Å². The lowest BCUT2D eigenvalue weighted by Crippen LogP contribution is -2.41. The van der Waals surface area contributed by atoms with Crippen molar-refractivity contribution in [1.29, 1.82) is 0 Å². The molecule has 1 saturated carbocycles. The zero-order chi connectivity index (χ0) is 17.1. The van der Waals surface area contributed by atoms with Gasteiger partial charge < -0.3 is 14.8 Å². The number of aromatic nitrogens is 3. The maximum atomic E-state index is 4.94. The van der Waals surface area contributed by atoms with Crippen molar-refractivity contribution in [2.24, 2.45) is 10.4 Å². The molecule has 1 aromatic rings. The van der Waals surface area contributed by atoms with Crippen LogP contribution >= 0.6 is 24.0 Å². The predicted octanol–water partition coefficient (Wildman–Crippen LogP) is 3.35. The van der Waals surface area contributed by atoms with Crippen LogP contribution in [0.25, 0.3) is 0 Å². The van der Waals surface area contributed by atoms with Crippen molar-refractivity contribution in [3.05, 3.63) is 11.6 Å². The number of fused-ring (bicyclic) bond motifs is 1. The molecule has 3 heterocycles. The standard InChI is InChI=1S/C19H32N6.HI/c1-2-20-18(24-13-11-19(15-24)9-5-6-10-19)21-14-17-23-22-16-8-4-3-7-12-25(16)17;/h2-15H2,1H3,(H,20,21);1H. The number of likely N-dealkylation sites (tertiary alicyclic amines) is 1. The highest BCUT2D eigenvalue weighted by Gasteiger charge is 2.41. The molecule has 1 saturated heterocycles. The molecule has 4 rings (SSSR count). The second-order valence-electron chi connectivity index (χ2n) is 8.04. The number of nitrogens with one attached hydrogen (secondary N) is 1. The first-order valence-corrected chi connectivity index (χ1v) is 10.2. The number of aliphatic imine (C=N–C) groups is 1. The Morgan fingerprint density at radius 3 is 2.73 bits per heavy atom. The van der Waals surface area contributed by atoms with E-state index in [1.54, 1.807) is 0 Å². The zero-order valence-corrected chi connectivity index (χ0v) is 18.4. The molecule has 2 fully saturated rings. The van der Waals surface area contributed by atoms with Gasteiger partial charge in [0.2, 0.25) is 0 Å². The molecule has 3 aliphatic rings. The molecule has 0 aromatic carbocycles. The molecular formula is C19H33IN6. The summed E-state index contributed by atoms with van der Waals surface area (Å²) in [5.74, 6) is 3.25. The van der Waals surface area contributed by atoms with Crippen molar-refractivity contribution >= 4 is 29.9 Å². The van der Waals surface area contributed by atoms with Gasteiger partial charge in [0.1, 0.15) is 12.4 Å². The van der Waals surface area contributed by atoms with E-state index in [1.807, 2.05) is 0 Å². The van der Waals surface area contributed by atoms with E-state index in [4.69, 9.17) is 4.99 Å². The highest BCUT2D eigenvalue weighted by atomic mass is 127. The van der Waals surface area contributed by atoms with Crippen molar-refractivity contribution in [3.63, 3.8) is 0 Å². The molecule has 6 nitrogen and oxygen atoms in total. The zero-order valence-electron chi connectivity index (χ0n) is 16.0. The van der Waals surface area contributed by atoms with E-state index >= 15 is 0 Å². The van der Waals surface area contributed by atoms with Gasteiger partial charge in [-0.2, -0.15) is 0 Å². The van der Waals surface area contributed by atoms with Gasteiger partial charge in [-0.05, 0) is 44.4 Å². The Morgan fingerprint density at radius 1 is 1.08 bits per heavy atom. The summed E-state index contributed by atoms with van der Waals surface area (Å²) < 4.78 is 2.31. The summed E-state index contributed by atoms with van der Waals surface area (Å²) in [4.78, 5) is 7.42. The molecule has 1 aromatic heterocycles. The Hall–Kier alpha value is -0.860. The van der Waals surface area contributed by atoms with Crippen LogP contribution in [0.1, 0.15) is 69.9 Å². The molecule has 2 aliphatic heterocycles. The van der Waals surface area contributed by atoms with Crippen LogP contribution in [-0.4, -0.2) is 45.3 Å². The van der Waals surface area contributed by atoms with E-state index in [9.17, 15) is 0 Å². The number of guanidine groups is 1. The smallest absolute Gasteiger partial charge is 0.194 e. The Kier molecular flexibility index (Phi) is 6.80. The average Bonchev–Trinajstić information content (AvgIpc) is 3.31. The minimum absolute atomic E-state index is 0. The molecule has 0 atom stereocenters. The molecular weight excluding hydrogens is 439 g/mol. The third-order valence-corrected chi connectivity index (χ3v) is 6.29. The fraction of sp³-hybridized carbons (Fsp3) is 0.842. The summed E-state index contributed by atoms with van der Waals surface area (Å²) in [6.45, 7) is 7.08. The lowest BCUT2D eigenvalue weighted by atomic mass is 9.86. The maximum Gasteiger partial charge on any atom is 0.194 e. The molecule has 0 unspecified atom stereocenters. The largest absolute Gasteiger partial charge is 0.357 e. The van der Waals surface area contributed by atoms with Crippen LogP contribution in [0.3, 0.4) is 0 Å². The van der Waals surface area contributed by atoms with E-state index in [1.165, 1.54) is 57.9 Å². The number of hydrogen-bond acceptors (Lipinski definition) is 3. The summed E-state index contributed by atoms with van der Waals surface area (Å²) in [6.07, 6.45) is 11.8. The minimum Gasteiger partial charge on any atom is -0.357 e. The van der Waals surface area contributed by atoms with E-state index in [-0.39, 0.29) is 24.0 Å². The van der Waals surface area contributed by atoms with Crippen LogP contribution in [0.5, 0.6) is 0 Å². The topological polar surface area (TPSA) is 58.3 Å². The Balaban J connectivity index is 0.00000196. The van der Waals surface area contributed by atoms with Crippen LogP contribution in [0, 0.1) is 5.41 Å². The van der Waals surface area contributed by atoms with Crippen LogP contribution in [0.4, 0.5) is 0 Å². The van der Waals surface area contributed by atoms with Gasteiger partial charge in [-0.25, -0.2) is 4.99 Å². The van der Waals surface area contributed by atoms with E-state index < -0.39 is 0 Å². The lowest BCUT2D eigenvalue weighted by molar-refractivity contribution is 0.309. The van der Waals surface area contributed by atoms with Crippen molar-refractivity contribution in [1.82, 2.24) is 25.0 Å². The number of aryl methyl sites for hydroxylation is 1. The number of hydrogen-bond donors (Lipinski definition) is 1. The van der Waals surface area contributed by atoms with Crippen LogP contribution in [0.15, 0.2) is 4.99 Å². The highest BCUT2D eigenvalue weighted by Crippen LogP contribution is 2.45. The predicted molar refractivity (Wildman–Crippen MR) is 115 cm³/mol. The van der Waals surface area contributed by atoms with Crippen molar-refractivity contribution < 1.29 is 0 Å². The van der Waals surface area contributed by atoms with Gasteiger partial charge in [-0.15, -0.1) is 34.2 Å². The molecule has 26 heavy (non-hydrogen) atoms. The van der Waals surface area contributed by atoms with Gasteiger partial charge in [0.05, 0.1) is 0 Å². The number of nitrogens with zero attached hydrogens (tertiary/aromatic N) is 5. The molecule has 7 heteroatoms. The first kappa shape index (κ1) is 19.9. The minimum atomic E-state index is 0. The van der Waals surface area contributed by atoms with Gasteiger partial charge in [-0.3, -0.25) is 0 Å². The second kappa shape index (κ2) is 8.89. The monoisotopic (exact) mass is 472 g/mol. The van der Waals surface area contributed by atoms with Gasteiger partial charge in [0.25, 0.3) is 0 Å². The van der Waals surface area contributed by atoms with E-state index in [2.05, 4.69) is 31.9 Å². The van der Waals surface area contributed by atoms with Gasteiger partial charge in [0, 0.05) is 32.6 Å². The summed E-state index contributed by atoms with van der Waals surface area (Å²) >= 11 is 0. The maximum absolute atomic E-state index is 4.94. The average molecular weight is 472 g/mol. The third-order valence-electron chi connectivity index (χ3n) is 6.29. The normalized spacial score (nSPS) is 22.2. The molecule has 1 N–H and O–H groups in total. The quantitative estimate of drug-likeness (QED) is 0.417. The first-order chi connectivity index (χ1) is 12.3. The lowest BCUT2D eigenvalue weighted by Gasteiger charge is -2.25. The Bertz CT molecular complexity index is 620. The molecule has 0 radical (unpaired) electrons. The highest BCUT2D eigenvalue weighted by molar-refractivity contribution is 14.0. The second-order valence-corrected chi connectivity index (χ2v) is 8.04. The van der Waals surface area contributed by atoms with Crippen LogP contribution in [-0.2, 0) is 19.5 Å².